The van der Waals surface area contributed by atoms with Crippen molar-refractivity contribution in [2.24, 2.45) is 0 Å². The molecule has 0 radical (unpaired) electrons. The van der Waals surface area contributed by atoms with E-state index in [0.29, 0.717) is 11.3 Å². The third kappa shape index (κ3) is 3.71. The first-order valence-electron chi connectivity index (χ1n) is 6.52. The molecule has 0 amide bonds. The number of nitrogens with zero attached hydrogens (tertiary/aromatic N) is 1. The van der Waals surface area contributed by atoms with Crippen LogP contribution in [0.15, 0.2) is 53.4 Å². The number of carbonyl (C=O) groups excluding carboxylic acids is 1. The van der Waals surface area contributed by atoms with Gasteiger partial charge in [-0.05, 0) is 36.8 Å². The predicted molar refractivity (Wildman–Crippen MR) is 83.0 cm³/mol. The van der Waals surface area contributed by atoms with Crippen molar-refractivity contribution in [1.82, 2.24) is 0 Å². The van der Waals surface area contributed by atoms with Crippen LogP contribution in [0.4, 0.5) is 5.69 Å². The zero-order valence-electron chi connectivity index (χ0n) is 11.9. The smallest absolute Gasteiger partial charge is 0.261 e. The third-order valence-electron chi connectivity index (χ3n) is 3.06. The van der Waals surface area contributed by atoms with Gasteiger partial charge in [-0.3, -0.25) is 9.52 Å². The van der Waals surface area contributed by atoms with E-state index >= 15 is 0 Å². The van der Waals surface area contributed by atoms with E-state index in [1.807, 2.05) is 6.07 Å². The Bertz CT molecular complexity index is 817. The normalized spacial score (nSPS) is 10.7. The fourth-order valence-corrected chi connectivity index (χ4v) is 2.92. The van der Waals surface area contributed by atoms with Crippen molar-refractivity contribution in [2.75, 3.05) is 4.72 Å². The Morgan fingerprint density at radius 2 is 1.68 bits per heavy atom. The maximum absolute atomic E-state index is 12.2. The zero-order valence-corrected chi connectivity index (χ0v) is 12.7. The second kappa shape index (κ2) is 6.41. The molecule has 2 rings (SSSR count). The molecule has 0 aliphatic rings. The Morgan fingerprint density at radius 1 is 1.09 bits per heavy atom. The van der Waals surface area contributed by atoms with Crippen LogP contribution < -0.4 is 4.72 Å². The number of carbonyl (C=O) groups is 1. The van der Waals surface area contributed by atoms with Crippen LogP contribution in [0.25, 0.3) is 0 Å². The Kier molecular flexibility index (Phi) is 4.59. The van der Waals surface area contributed by atoms with Gasteiger partial charge in [0.05, 0.1) is 17.4 Å². The van der Waals surface area contributed by atoms with Gasteiger partial charge < -0.3 is 0 Å². The zero-order chi connectivity index (χ0) is 16.2. The van der Waals surface area contributed by atoms with Crippen LogP contribution in [0.3, 0.4) is 0 Å². The van der Waals surface area contributed by atoms with E-state index in [1.54, 1.807) is 24.3 Å². The van der Waals surface area contributed by atoms with Gasteiger partial charge in [0.25, 0.3) is 10.0 Å². The lowest BCUT2D eigenvalue weighted by molar-refractivity contribution is 0.101. The number of nitriles is 1. The van der Waals surface area contributed by atoms with Crippen molar-refractivity contribution in [1.29, 1.82) is 5.26 Å². The highest BCUT2D eigenvalue weighted by Crippen LogP contribution is 2.17. The van der Waals surface area contributed by atoms with Crippen LogP contribution in [-0.2, 0) is 16.4 Å². The summed E-state index contributed by atoms with van der Waals surface area (Å²) < 4.78 is 26.9. The highest BCUT2D eigenvalue weighted by molar-refractivity contribution is 7.92. The van der Waals surface area contributed by atoms with Crippen LogP contribution in [0.2, 0.25) is 0 Å². The summed E-state index contributed by atoms with van der Waals surface area (Å²) in [5.41, 5.74) is 1.69. The summed E-state index contributed by atoms with van der Waals surface area (Å²) >= 11 is 0. The van der Waals surface area contributed by atoms with Gasteiger partial charge in [0.15, 0.2) is 5.78 Å². The monoisotopic (exact) mass is 314 g/mol. The molecule has 0 unspecified atom stereocenters. The molecule has 0 saturated heterocycles. The Hall–Kier alpha value is -2.65. The van der Waals surface area contributed by atoms with Gasteiger partial charge in [-0.1, -0.05) is 24.3 Å². The molecule has 22 heavy (non-hydrogen) atoms. The molecule has 0 fully saturated rings. The van der Waals surface area contributed by atoms with Crippen LogP contribution in [0, 0.1) is 11.3 Å². The lowest BCUT2D eigenvalue weighted by Crippen LogP contribution is -2.13. The first kappa shape index (κ1) is 15.7. The summed E-state index contributed by atoms with van der Waals surface area (Å²) in [6.07, 6.45) is 0.277. The van der Waals surface area contributed by atoms with Gasteiger partial charge >= 0.3 is 0 Å². The van der Waals surface area contributed by atoms with E-state index in [2.05, 4.69) is 4.72 Å². The fourth-order valence-electron chi connectivity index (χ4n) is 1.86. The molecule has 0 aliphatic carbocycles. The Balaban J connectivity index is 2.20. The van der Waals surface area contributed by atoms with Crippen LogP contribution >= 0.6 is 0 Å². The summed E-state index contributed by atoms with van der Waals surface area (Å²) in [4.78, 5) is 11.3. The topological polar surface area (TPSA) is 87.0 Å². The summed E-state index contributed by atoms with van der Waals surface area (Å²) in [5, 5.41) is 8.60. The molecule has 0 atom stereocenters. The average molecular weight is 314 g/mol. The molecule has 0 aromatic heterocycles. The number of ketones is 1. The van der Waals surface area contributed by atoms with Gasteiger partial charge in [-0.15, -0.1) is 0 Å². The number of sulfonamides is 1. The lowest BCUT2D eigenvalue weighted by Gasteiger charge is -2.09. The number of anilines is 1. The van der Waals surface area contributed by atoms with Gasteiger partial charge in [0.1, 0.15) is 0 Å². The first-order valence-corrected chi connectivity index (χ1v) is 8.00. The van der Waals surface area contributed by atoms with Crippen molar-refractivity contribution >= 4 is 21.5 Å². The molecule has 2 aromatic rings. The molecule has 0 saturated carbocycles. The van der Waals surface area contributed by atoms with Gasteiger partial charge in [0.2, 0.25) is 0 Å². The maximum atomic E-state index is 12.2. The van der Waals surface area contributed by atoms with E-state index in [1.165, 1.54) is 31.2 Å². The molecule has 0 bridgehead atoms. The number of nitrogens with one attached hydrogen (secondary N) is 1. The molecular weight excluding hydrogens is 300 g/mol. The molecule has 6 heteroatoms. The minimum Gasteiger partial charge on any atom is -0.295 e. The van der Waals surface area contributed by atoms with E-state index < -0.39 is 10.0 Å². The van der Waals surface area contributed by atoms with Gasteiger partial charge in [-0.25, -0.2) is 8.42 Å². The predicted octanol–water partition coefficient (Wildman–Crippen LogP) is 2.76. The lowest BCUT2D eigenvalue weighted by atomic mass is 10.1. The Morgan fingerprint density at radius 3 is 2.18 bits per heavy atom. The summed E-state index contributed by atoms with van der Waals surface area (Å²) in [7, 11) is -3.71. The highest BCUT2D eigenvalue weighted by Gasteiger charge is 2.14. The van der Waals surface area contributed by atoms with Crippen molar-refractivity contribution in [3.8, 4) is 6.07 Å². The van der Waals surface area contributed by atoms with Crippen LogP contribution in [-0.4, -0.2) is 14.2 Å². The average Bonchev–Trinajstić information content (AvgIpc) is 2.49. The molecule has 112 valence electrons. The van der Waals surface area contributed by atoms with Crippen molar-refractivity contribution < 1.29 is 13.2 Å². The molecule has 0 aliphatic heterocycles. The Labute approximate surface area is 129 Å². The molecular formula is C16H14N2O3S. The molecule has 0 spiro atoms. The summed E-state index contributed by atoms with van der Waals surface area (Å²) in [6, 6.07) is 14.4. The third-order valence-corrected chi connectivity index (χ3v) is 4.46. The number of Topliss-reactive ketones (excluding diaryl/α,β-unsaturated/α-hetero) is 1. The molecule has 5 nitrogen and oxygen atoms in total. The van der Waals surface area contributed by atoms with Gasteiger partial charge in [0, 0.05) is 11.3 Å². The fraction of sp³-hybridized carbons (Fsp3) is 0.125. The first-order chi connectivity index (χ1) is 10.4. The number of benzene rings is 2. The van der Waals surface area contributed by atoms with Crippen molar-refractivity contribution in [3.05, 3.63) is 59.7 Å². The van der Waals surface area contributed by atoms with Crippen molar-refractivity contribution in [2.45, 2.75) is 18.2 Å². The minimum atomic E-state index is -3.71. The maximum Gasteiger partial charge on any atom is 0.261 e. The van der Waals surface area contributed by atoms with E-state index in [9.17, 15) is 13.2 Å². The van der Waals surface area contributed by atoms with E-state index in [0.717, 1.165) is 5.56 Å². The van der Waals surface area contributed by atoms with Crippen molar-refractivity contribution in [3.63, 3.8) is 0 Å². The largest absolute Gasteiger partial charge is 0.295 e. The minimum absolute atomic E-state index is 0.0820. The summed E-state index contributed by atoms with van der Waals surface area (Å²) in [6.45, 7) is 1.42. The van der Waals surface area contributed by atoms with Gasteiger partial charge in [-0.2, -0.15) is 5.26 Å². The van der Waals surface area contributed by atoms with Crippen LogP contribution in [0.1, 0.15) is 22.8 Å². The molecule has 0 heterocycles. The van der Waals surface area contributed by atoms with E-state index in [4.69, 9.17) is 5.26 Å². The summed E-state index contributed by atoms with van der Waals surface area (Å²) in [5.74, 6) is -0.120. The van der Waals surface area contributed by atoms with E-state index in [-0.39, 0.29) is 17.1 Å². The number of hydrogen-bond acceptors (Lipinski definition) is 4. The van der Waals surface area contributed by atoms with Crippen LogP contribution in [0.5, 0.6) is 0 Å². The molecule has 1 N–H and O–H groups in total. The standard InChI is InChI=1S/C16H14N2O3S/c1-12(19)14-4-8-16(9-5-14)22(20,21)18-15-6-2-13(3-7-15)10-11-17/h2-9,18H,10H2,1H3. The quantitative estimate of drug-likeness (QED) is 0.860. The SMILES string of the molecule is CC(=O)c1ccc(S(=O)(=O)Nc2ccc(CC#N)cc2)cc1. The second-order valence-corrected chi connectivity index (χ2v) is 6.40. The number of hydrogen-bond donors (Lipinski definition) is 1. The molecule has 2 aromatic carbocycles. The highest BCUT2D eigenvalue weighted by atomic mass is 32.2. The number of rotatable bonds is 5. The second-order valence-electron chi connectivity index (χ2n) is 4.72.